The number of hydrogen-bond donors (Lipinski definition) is 1. The number of ether oxygens (including phenoxy) is 1. The predicted octanol–water partition coefficient (Wildman–Crippen LogP) is 2.06. The third-order valence-corrected chi connectivity index (χ3v) is 2.82. The summed E-state index contributed by atoms with van der Waals surface area (Å²) in [6, 6.07) is 2.99. The standard InChI is InChI=1S/C11H15FN2O/c1-8-9(4-6-15-8)7-14-11-10(12)3-2-5-13-11/h2-3,5,8-9H,4,6-7H2,1H3,(H,13,14). The molecule has 0 bridgehead atoms. The van der Waals surface area contributed by atoms with Crippen molar-refractivity contribution in [1.29, 1.82) is 0 Å². The zero-order valence-corrected chi connectivity index (χ0v) is 8.74. The number of anilines is 1. The molecule has 2 atom stereocenters. The van der Waals surface area contributed by atoms with Gasteiger partial charge in [0.2, 0.25) is 0 Å². The van der Waals surface area contributed by atoms with E-state index in [9.17, 15) is 4.39 Å². The van der Waals surface area contributed by atoms with Gasteiger partial charge in [-0.3, -0.25) is 0 Å². The van der Waals surface area contributed by atoms with Gasteiger partial charge in [-0.1, -0.05) is 0 Å². The molecule has 3 nitrogen and oxygen atoms in total. The second-order valence-corrected chi connectivity index (χ2v) is 3.84. The normalized spacial score (nSPS) is 25.5. The van der Waals surface area contributed by atoms with Crippen molar-refractivity contribution < 1.29 is 9.13 Å². The molecule has 15 heavy (non-hydrogen) atoms. The molecular weight excluding hydrogens is 195 g/mol. The summed E-state index contributed by atoms with van der Waals surface area (Å²) in [5, 5.41) is 3.02. The molecule has 0 aliphatic carbocycles. The average molecular weight is 210 g/mol. The van der Waals surface area contributed by atoms with Crippen molar-refractivity contribution in [2.45, 2.75) is 19.4 Å². The second-order valence-electron chi connectivity index (χ2n) is 3.84. The molecule has 82 valence electrons. The average Bonchev–Trinajstić information content (AvgIpc) is 2.63. The number of rotatable bonds is 3. The number of hydrogen-bond acceptors (Lipinski definition) is 3. The topological polar surface area (TPSA) is 34.1 Å². The minimum Gasteiger partial charge on any atom is -0.378 e. The largest absolute Gasteiger partial charge is 0.378 e. The van der Waals surface area contributed by atoms with Crippen LogP contribution in [0.1, 0.15) is 13.3 Å². The van der Waals surface area contributed by atoms with E-state index in [1.807, 2.05) is 6.92 Å². The summed E-state index contributed by atoms with van der Waals surface area (Å²) in [5.41, 5.74) is 0. The highest BCUT2D eigenvalue weighted by atomic mass is 19.1. The quantitative estimate of drug-likeness (QED) is 0.829. The molecule has 1 saturated heterocycles. The van der Waals surface area contributed by atoms with E-state index in [-0.39, 0.29) is 11.9 Å². The molecule has 2 rings (SSSR count). The fraction of sp³-hybridized carbons (Fsp3) is 0.545. The Kier molecular flexibility index (Phi) is 3.16. The molecule has 1 aromatic rings. The number of nitrogens with one attached hydrogen (secondary N) is 1. The van der Waals surface area contributed by atoms with Gasteiger partial charge in [-0.05, 0) is 25.5 Å². The third kappa shape index (κ3) is 2.45. The van der Waals surface area contributed by atoms with Crippen molar-refractivity contribution in [1.82, 2.24) is 4.98 Å². The van der Waals surface area contributed by atoms with Crippen LogP contribution in [0.2, 0.25) is 0 Å². The Morgan fingerprint density at radius 2 is 2.53 bits per heavy atom. The SMILES string of the molecule is CC1OCCC1CNc1ncccc1F. The van der Waals surface area contributed by atoms with Gasteiger partial charge in [0.25, 0.3) is 0 Å². The highest BCUT2D eigenvalue weighted by Gasteiger charge is 2.24. The Labute approximate surface area is 88.7 Å². The maximum absolute atomic E-state index is 13.2. The Bertz CT molecular complexity index is 332. The summed E-state index contributed by atoms with van der Waals surface area (Å²) in [6.07, 6.45) is 2.87. The molecule has 1 aromatic heterocycles. The van der Waals surface area contributed by atoms with E-state index in [0.717, 1.165) is 19.6 Å². The lowest BCUT2D eigenvalue weighted by atomic mass is 10.0. The zero-order valence-electron chi connectivity index (χ0n) is 8.74. The molecule has 2 unspecified atom stereocenters. The summed E-state index contributed by atoms with van der Waals surface area (Å²) in [7, 11) is 0. The minimum absolute atomic E-state index is 0.254. The Balaban J connectivity index is 1.90. The number of halogens is 1. The first kappa shape index (κ1) is 10.4. The van der Waals surface area contributed by atoms with Gasteiger partial charge in [0.05, 0.1) is 6.10 Å². The predicted molar refractivity (Wildman–Crippen MR) is 56.2 cm³/mol. The van der Waals surface area contributed by atoms with Crippen LogP contribution in [0.25, 0.3) is 0 Å². The molecule has 1 aliphatic heterocycles. The van der Waals surface area contributed by atoms with Crippen molar-refractivity contribution in [3.8, 4) is 0 Å². The number of aromatic nitrogens is 1. The van der Waals surface area contributed by atoms with E-state index >= 15 is 0 Å². The molecule has 4 heteroatoms. The van der Waals surface area contributed by atoms with Crippen molar-refractivity contribution in [2.75, 3.05) is 18.5 Å². The highest BCUT2D eigenvalue weighted by molar-refractivity contribution is 5.35. The van der Waals surface area contributed by atoms with Gasteiger partial charge < -0.3 is 10.1 Å². The summed E-state index contributed by atoms with van der Waals surface area (Å²) in [4.78, 5) is 3.94. The third-order valence-electron chi connectivity index (χ3n) is 2.82. The maximum atomic E-state index is 13.2. The van der Waals surface area contributed by atoms with Gasteiger partial charge in [-0.25, -0.2) is 9.37 Å². The molecule has 1 aliphatic rings. The molecule has 1 fully saturated rings. The summed E-state index contributed by atoms with van der Waals surface area (Å²) < 4.78 is 18.6. The van der Waals surface area contributed by atoms with Crippen LogP contribution in [0.3, 0.4) is 0 Å². The van der Waals surface area contributed by atoms with Crippen LogP contribution in [0.15, 0.2) is 18.3 Å². The smallest absolute Gasteiger partial charge is 0.165 e. The minimum atomic E-state index is -0.302. The number of nitrogens with zero attached hydrogens (tertiary/aromatic N) is 1. The lowest BCUT2D eigenvalue weighted by Crippen LogP contribution is -2.21. The molecule has 0 spiro atoms. The Morgan fingerprint density at radius 3 is 3.20 bits per heavy atom. The van der Waals surface area contributed by atoms with Gasteiger partial charge in [0.15, 0.2) is 11.6 Å². The maximum Gasteiger partial charge on any atom is 0.165 e. The van der Waals surface area contributed by atoms with Gasteiger partial charge in [0.1, 0.15) is 0 Å². The molecule has 1 N–H and O–H groups in total. The van der Waals surface area contributed by atoms with Crippen molar-refractivity contribution in [3.05, 3.63) is 24.1 Å². The van der Waals surface area contributed by atoms with Gasteiger partial charge in [-0.2, -0.15) is 0 Å². The van der Waals surface area contributed by atoms with E-state index in [4.69, 9.17) is 4.74 Å². The first-order valence-electron chi connectivity index (χ1n) is 5.23. The zero-order chi connectivity index (χ0) is 10.7. The lowest BCUT2D eigenvalue weighted by molar-refractivity contribution is 0.108. The van der Waals surface area contributed by atoms with E-state index in [1.165, 1.54) is 6.07 Å². The van der Waals surface area contributed by atoms with Gasteiger partial charge in [-0.15, -0.1) is 0 Å². The molecule has 0 saturated carbocycles. The van der Waals surface area contributed by atoms with Crippen LogP contribution in [0, 0.1) is 11.7 Å². The Morgan fingerprint density at radius 1 is 1.67 bits per heavy atom. The van der Waals surface area contributed by atoms with E-state index in [1.54, 1.807) is 12.3 Å². The second kappa shape index (κ2) is 4.57. The van der Waals surface area contributed by atoms with Crippen LogP contribution < -0.4 is 5.32 Å². The van der Waals surface area contributed by atoms with Crippen molar-refractivity contribution >= 4 is 5.82 Å². The first-order chi connectivity index (χ1) is 7.27. The number of pyridine rings is 1. The Hall–Kier alpha value is -1.16. The fourth-order valence-electron chi connectivity index (χ4n) is 1.79. The first-order valence-corrected chi connectivity index (χ1v) is 5.23. The molecular formula is C11H15FN2O. The van der Waals surface area contributed by atoms with E-state index in [2.05, 4.69) is 10.3 Å². The fourth-order valence-corrected chi connectivity index (χ4v) is 1.79. The molecule has 2 heterocycles. The van der Waals surface area contributed by atoms with Crippen LogP contribution in [0.5, 0.6) is 0 Å². The van der Waals surface area contributed by atoms with E-state index in [0.29, 0.717) is 11.7 Å². The van der Waals surface area contributed by atoms with Crippen LogP contribution in [-0.4, -0.2) is 24.2 Å². The van der Waals surface area contributed by atoms with Crippen molar-refractivity contribution in [2.24, 2.45) is 5.92 Å². The molecule has 0 aromatic carbocycles. The highest BCUT2D eigenvalue weighted by Crippen LogP contribution is 2.21. The monoisotopic (exact) mass is 210 g/mol. The summed E-state index contributed by atoms with van der Waals surface area (Å²) >= 11 is 0. The summed E-state index contributed by atoms with van der Waals surface area (Å²) in [5.74, 6) is 0.479. The van der Waals surface area contributed by atoms with E-state index < -0.39 is 0 Å². The van der Waals surface area contributed by atoms with Crippen LogP contribution in [-0.2, 0) is 4.74 Å². The molecule has 0 radical (unpaired) electrons. The van der Waals surface area contributed by atoms with Crippen LogP contribution >= 0.6 is 0 Å². The molecule has 0 amide bonds. The van der Waals surface area contributed by atoms with Gasteiger partial charge >= 0.3 is 0 Å². The lowest BCUT2D eigenvalue weighted by Gasteiger charge is -2.15. The van der Waals surface area contributed by atoms with Crippen LogP contribution in [0.4, 0.5) is 10.2 Å². The summed E-state index contributed by atoms with van der Waals surface area (Å²) in [6.45, 7) is 3.57. The van der Waals surface area contributed by atoms with Crippen molar-refractivity contribution in [3.63, 3.8) is 0 Å². The van der Waals surface area contributed by atoms with Gasteiger partial charge in [0, 0.05) is 25.3 Å².